The zero-order chi connectivity index (χ0) is 14.8. The second-order valence-corrected chi connectivity index (χ2v) is 6.09. The van der Waals surface area contributed by atoms with Gasteiger partial charge in [0.05, 0.1) is 16.1 Å². The number of benzene rings is 1. The summed E-state index contributed by atoms with van der Waals surface area (Å²) in [7, 11) is 0. The first kappa shape index (κ1) is 13.8. The maximum Gasteiger partial charge on any atom is 0.246 e. The number of likely N-dealkylation sites (tertiary alicyclic amines) is 1. The van der Waals surface area contributed by atoms with E-state index in [-0.39, 0.29) is 17.7 Å². The first-order valence-corrected chi connectivity index (χ1v) is 7.57. The van der Waals surface area contributed by atoms with Crippen molar-refractivity contribution in [3.8, 4) is 0 Å². The van der Waals surface area contributed by atoms with E-state index >= 15 is 0 Å². The second kappa shape index (κ2) is 5.65. The van der Waals surface area contributed by atoms with Crippen LogP contribution in [0.25, 0.3) is 16.3 Å². The van der Waals surface area contributed by atoms with Crippen LogP contribution < -0.4 is 5.73 Å². The molecular weight excluding hydrogens is 286 g/mol. The van der Waals surface area contributed by atoms with Gasteiger partial charge in [0, 0.05) is 19.2 Å². The Morgan fingerprint density at radius 1 is 1.38 bits per heavy atom. The minimum atomic E-state index is -0.333. The van der Waals surface area contributed by atoms with Crippen molar-refractivity contribution in [3.63, 3.8) is 0 Å². The van der Waals surface area contributed by atoms with E-state index in [1.165, 1.54) is 6.08 Å². The number of carbonyl (C=O) groups is 2. The smallest absolute Gasteiger partial charge is 0.246 e. The number of para-hydroxylation sites is 1. The molecule has 2 aromatic rings. The van der Waals surface area contributed by atoms with E-state index in [1.807, 2.05) is 24.3 Å². The van der Waals surface area contributed by atoms with Crippen LogP contribution in [0.4, 0.5) is 0 Å². The lowest BCUT2D eigenvalue weighted by Gasteiger charge is -2.12. The van der Waals surface area contributed by atoms with E-state index < -0.39 is 0 Å². The summed E-state index contributed by atoms with van der Waals surface area (Å²) in [6.45, 7) is 0.995. The Hall–Kier alpha value is -2.21. The zero-order valence-electron chi connectivity index (χ0n) is 11.4. The van der Waals surface area contributed by atoms with Gasteiger partial charge in [-0.2, -0.15) is 0 Å². The maximum atomic E-state index is 12.1. The minimum absolute atomic E-state index is 0.0991. The fraction of sp³-hybridized carbons (Fsp3) is 0.267. The van der Waals surface area contributed by atoms with Crippen molar-refractivity contribution in [2.45, 2.75) is 6.42 Å². The fourth-order valence-corrected chi connectivity index (χ4v) is 3.27. The van der Waals surface area contributed by atoms with Crippen LogP contribution in [0.3, 0.4) is 0 Å². The first-order chi connectivity index (χ1) is 10.1. The molecule has 1 fully saturated rings. The average Bonchev–Trinajstić information content (AvgIpc) is 3.11. The quantitative estimate of drug-likeness (QED) is 0.876. The van der Waals surface area contributed by atoms with Crippen LogP contribution in [0.1, 0.15) is 11.4 Å². The number of rotatable bonds is 3. The van der Waals surface area contributed by atoms with E-state index in [2.05, 4.69) is 4.98 Å². The van der Waals surface area contributed by atoms with Crippen molar-refractivity contribution < 1.29 is 9.59 Å². The molecule has 1 aliphatic rings. The van der Waals surface area contributed by atoms with Crippen LogP contribution >= 0.6 is 11.3 Å². The van der Waals surface area contributed by atoms with Gasteiger partial charge in [0.2, 0.25) is 11.8 Å². The Bertz CT molecular complexity index is 690. The molecule has 1 atom stereocenters. The Morgan fingerprint density at radius 2 is 2.19 bits per heavy atom. The van der Waals surface area contributed by atoms with Crippen LogP contribution in [0, 0.1) is 5.92 Å². The number of hydrogen-bond acceptors (Lipinski definition) is 4. The molecule has 1 aliphatic heterocycles. The number of thiazole rings is 1. The maximum absolute atomic E-state index is 12.1. The van der Waals surface area contributed by atoms with Gasteiger partial charge in [-0.25, -0.2) is 4.98 Å². The second-order valence-electron chi connectivity index (χ2n) is 5.03. The third kappa shape index (κ3) is 2.95. The SMILES string of the molecule is NC(=O)C1CCN(C(=O)C=Cc2nc3ccccc3s2)C1. The molecule has 108 valence electrons. The van der Waals surface area contributed by atoms with E-state index in [0.29, 0.717) is 19.5 Å². The van der Waals surface area contributed by atoms with E-state index in [1.54, 1.807) is 22.3 Å². The molecule has 2 heterocycles. The molecule has 1 aromatic carbocycles. The van der Waals surface area contributed by atoms with Crippen LogP contribution in [-0.4, -0.2) is 34.8 Å². The van der Waals surface area contributed by atoms with Crippen molar-refractivity contribution in [3.05, 3.63) is 35.3 Å². The van der Waals surface area contributed by atoms with Gasteiger partial charge in [-0.15, -0.1) is 11.3 Å². The third-order valence-electron chi connectivity index (χ3n) is 3.58. The molecule has 6 heteroatoms. The molecule has 1 unspecified atom stereocenters. The molecule has 0 spiro atoms. The van der Waals surface area contributed by atoms with E-state index in [0.717, 1.165) is 15.2 Å². The van der Waals surface area contributed by atoms with Crippen molar-refractivity contribution in [1.82, 2.24) is 9.88 Å². The highest BCUT2D eigenvalue weighted by atomic mass is 32.1. The van der Waals surface area contributed by atoms with E-state index in [4.69, 9.17) is 5.73 Å². The summed E-state index contributed by atoms with van der Waals surface area (Å²) in [6, 6.07) is 7.86. The van der Waals surface area contributed by atoms with Gasteiger partial charge < -0.3 is 10.6 Å². The lowest BCUT2D eigenvalue weighted by molar-refractivity contribution is -0.125. The van der Waals surface area contributed by atoms with Gasteiger partial charge in [-0.3, -0.25) is 9.59 Å². The number of nitrogens with zero attached hydrogens (tertiary/aromatic N) is 2. The third-order valence-corrected chi connectivity index (χ3v) is 4.58. The number of carbonyl (C=O) groups excluding carboxylic acids is 2. The highest BCUT2D eigenvalue weighted by molar-refractivity contribution is 7.19. The Morgan fingerprint density at radius 3 is 2.90 bits per heavy atom. The lowest BCUT2D eigenvalue weighted by Crippen LogP contribution is -2.30. The van der Waals surface area contributed by atoms with Crippen LogP contribution in [0.2, 0.25) is 0 Å². The van der Waals surface area contributed by atoms with Gasteiger partial charge in [-0.1, -0.05) is 12.1 Å². The number of amides is 2. The number of fused-ring (bicyclic) bond motifs is 1. The monoisotopic (exact) mass is 301 g/mol. The summed E-state index contributed by atoms with van der Waals surface area (Å²) in [5.41, 5.74) is 6.20. The zero-order valence-corrected chi connectivity index (χ0v) is 12.2. The number of hydrogen-bond donors (Lipinski definition) is 1. The summed E-state index contributed by atoms with van der Waals surface area (Å²) in [6.07, 6.45) is 3.89. The Labute approximate surface area is 126 Å². The summed E-state index contributed by atoms with van der Waals surface area (Å²) in [5.74, 6) is -0.650. The van der Waals surface area contributed by atoms with Crippen molar-refractivity contribution in [2.75, 3.05) is 13.1 Å². The molecule has 5 nitrogen and oxygen atoms in total. The summed E-state index contributed by atoms with van der Waals surface area (Å²) < 4.78 is 1.10. The highest BCUT2D eigenvalue weighted by Crippen LogP contribution is 2.22. The molecule has 1 saturated heterocycles. The van der Waals surface area contributed by atoms with Gasteiger partial charge >= 0.3 is 0 Å². The number of aromatic nitrogens is 1. The number of primary amides is 1. The summed E-state index contributed by atoms with van der Waals surface area (Å²) in [5, 5.41) is 0.801. The van der Waals surface area contributed by atoms with Gasteiger partial charge in [0.15, 0.2) is 0 Å². The molecule has 2 N–H and O–H groups in total. The topological polar surface area (TPSA) is 76.3 Å². The number of nitrogens with two attached hydrogens (primary N) is 1. The van der Waals surface area contributed by atoms with Gasteiger partial charge in [0.25, 0.3) is 0 Å². The summed E-state index contributed by atoms with van der Waals surface area (Å²) >= 11 is 1.54. The molecule has 0 aliphatic carbocycles. The van der Waals surface area contributed by atoms with Crippen LogP contribution in [-0.2, 0) is 9.59 Å². The van der Waals surface area contributed by atoms with Gasteiger partial charge in [0.1, 0.15) is 5.01 Å². The standard InChI is InChI=1S/C15H15N3O2S/c16-15(20)10-7-8-18(9-10)14(19)6-5-13-17-11-3-1-2-4-12(11)21-13/h1-6,10H,7-9H2,(H2,16,20). The fourth-order valence-electron chi connectivity index (χ4n) is 2.40. The largest absolute Gasteiger partial charge is 0.369 e. The molecule has 0 saturated carbocycles. The van der Waals surface area contributed by atoms with Gasteiger partial charge in [-0.05, 0) is 24.6 Å². The molecule has 3 rings (SSSR count). The molecule has 0 bridgehead atoms. The molecule has 21 heavy (non-hydrogen) atoms. The van der Waals surface area contributed by atoms with Crippen molar-refractivity contribution in [1.29, 1.82) is 0 Å². The van der Waals surface area contributed by atoms with Crippen molar-refractivity contribution in [2.24, 2.45) is 11.7 Å². The summed E-state index contributed by atoms with van der Waals surface area (Å²) in [4.78, 5) is 29.3. The highest BCUT2D eigenvalue weighted by Gasteiger charge is 2.28. The van der Waals surface area contributed by atoms with Crippen molar-refractivity contribution >= 4 is 39.4 Å². The normalized spacial score (nSPS) is 18.7. The minimum Gasteiger partial charge on any atom is -0.369 e. The predicted molar refractivity (Wildman–Crippen MR) is 82.5 cm³/mol. The van der Waals surface area contributed by atoms with Crippen LogP contribution in [0.15, 0.2) is 30.3 Å². The Kier molecular flexibility index (Phi) is 3.70. The van der Waals surface area contributed by atoms with E-state index in [9.17, 15) is 9.59 Å². The molecular formula is C15H15N3O2S. The molecule has 0 radical (unpaired) electrons. The average molecular weight is 301 g/mol. The lowest BCUT2D eigenvalue weighted by atomic mass is 10.1. The van der Waals surface area contributed by atoms with Crippen LogP contribution in [0.5, 0.6) is 0 Å². The Balaban J connectivity index is 1.68. The predicted octanol–water partition coefficient (Wildman–Crippen LogP) is 1.64. The molecule has 2 amide bonds. The molecule has 1 aromatic heterocycles. The first-order valence-electron chi connectivity index (χ1n) is 6.75.